The molecule has 0 aliphatic heterocycles. The number of anilines is 2. The molecular formula is C17H14BrF3INO4. The molecule has 0 radical (unpaired) electrons. The Labute approximate surface area is 174 Å². The Morgan fingerprint density at radius 1 is 1.26 bits per heavy atom. The van der Waals surface area contributed by atoms with E-state index in [0.717, 1.165) is 6.07 Å². The van der Waals surface area contributed by atoms with Gasteiger partial charge in [-0.05, 0) is 62.8 Å². The number of carbonyl (C=O) groups excluding carboxylic acids is 1. The molecule has 3 N–H and O–H groups in total. The first-order valence-electron chi connectivity index (χ1n) is 7.54. The molecular weight excluding hydrogens is 546 g/mol. The van der Waals surface area contributed by atoms with Gasteiger partial charge in [0, 0.05) is 9.13 Å². The molecule has 2 rings (SSSR count). The number of carbonyl (C=O) groups is 1. The van der Waals surface area contributed by atoms with E-state index in [2.05, 4.69) is 21.2 Å². The average molecular weight is 560 g/mol. The zero-order valence-corrected chi connectivity index (χ0v) is 17.4. The van der Waals surface area contributed by atoms with E-state index < -0.39 is 48.2 Å². The molecule has 0 spiro atoms. The van der Waals surface area contributed by atoms with Crippen molar-refractivity contribution in [2.75, 3.05) is 25.1 Å². The SMILES string of the molecule is O=C(COCC(O)CO)c1cc(Br)c(F)c(F)c1Nc1ccc(I)cc1F. The molecule has 0 amide bonds. The number of Topliss-reactive ketones (excluding diaryl/α,β-unsaturated/α-hetero) is 1. The number of benzene rings is 2. The molecule has 0 aliphatic carbocycles. The molecule has 0 aliphatic rings. The molecule has 0 fully saturated rings. The predicted molar refractivity (Wildman–Crippen MR) is 105 cm³/mol. The van der Waals surface area contributed by atoms with Gasteiger partial charge in [0.2, 0.25) is 0 Å². The Balaban J connectivity index is 2.34. The van der Waals surface area contributed by atoms with E-state index in [1.807, 2.05) is 22.6 Å². The van der Waals surface area contributed by atoms with Crippen LogP contribution in [-0.2, 0) is 4.74 Å². The minimum atomic E-state index is -1.36. The first kappa shape index (κ1) is 22.1. The van der Waals surface area contributed by atoms with E-state index in [9.17, 15) is 23.1 Å². The van der Waals surface area contributed by atoms with Crippen molar-refractivity contribution < 1.29 is 32.9 Å². The Hall–Kier alpha value is -1.21. The third kappa shape index (κ3) is 5.64. The van der Waals surface area contributed by atoms with Crippen molar-refractivity contribution in [3.63, 3.8) is 0 Å². The van der Waals surface area contributed by atoms with Crippen LogP contribution >= 0.6 is 38.5 Å². The smallest absolute Gasteiger partial charge is 0.190 e. The van der Waals surface area contributed by atoms with E-state index in [0.29, 0.717) is 3.57 Å². The maximum absolute atomic E-state index is 14.4. The highest BCUT2D eigenvalue weighted by Crippen LogP contribution is 2.32. The lowest BCUT2D eigenvalue weighted by molar-refractivity contribution is 0.00897. The molecule has 0 aromatic heterocycles. The lowest BCUT2D eigenvalue weighted by Gasteiger charge is -2.15. The van der Waals surface area contributed by atoms with Gasteiger partial charge in [0.25, 0.3) is 0 Å². The van der Waals surface area contributed by atoms with E-state index >= 15 is 0 Å². The van der Waals surface area contributed by atoms with E-state index in [1.54, 1.807) is 6.07 Å². The first-order chi connectivity index (χ1) is 12.7. The molecule has 1 atom stereocenters. The van der Waals surface area contributed by atoms with Gasteiger partial charge in [0.15, 0.2) is 17.4 Å². The van der Waals surface area contributed by atoms with Crippen molar-refractivity contribution in [3.05, 3.63) is 55.3 Å². The lowest BCUT2D eigenvalue weighted by atomic mass is 10.1. The second-order valence-electron chi connectivity index (χ2n) is 5.43. The minimum Gasteiger partial charge on any atom is -0.394 e. The Morgan fingerprint density at radius 2 is 1.96 bits per heavy atom. The summed E-state index contributed by atoms with van der Waals surface area (Å²) in [6, 6.07) is 5.13. The number of nitrogens with one attached hydrogen (secondary N) is 1. The third-order valence-corrected chi connectivity index (χ3v) is 4.66. The van der Waals surface area contributed by atoms with Gasteiger partial charge in [-0.2, -0.15) is 0 Å². The number of hydrogen-bond acceptors (Lipinski definition) is 5. The molecule has 0 saturated heterocycles. The summed E-state index contributed by atoms with van der Waals surface area (Å²) in [4.78, 5) is 12.4. The Kier molecular flexibility index (Phi) is 8.04. The molecule has 0 saturated carbocycles. The highest BCUT2D eigenvalue weighted by atomic mass is 127. The fourth-order valence-electron chi connectivity index (χ4n) is 2.08. The number of ether oxygens (including phenoxy) is 1. The van der Waals surface area contributed by atoms with E-state index in [1.165, 1.54) is 12.1 Å². The third-order valence-electron chi connectivity index (χ3n) is 3.41. The minimum absolute atomic E-state index is 0.137. The van der Waals surface area contributed by atoms with Crippen LogP contribution in [-0.4, -0.2) is 41.9 Å². The molecule has 10 heteroatoms. The number of rotatable bonds is 8. The van der Waals surface area contributed by atoms with Gasteiger partial charge in [-0.3, -0.25) is 4.79 Å². The van der Waals surface area contributed by atoms with Gasteiger partial charge in [-0.25, -0.2) is 13.2 Å². The molecule has 27 heavy (non-hydrogen) atoms. The Morgan fingerprint density at radius 3 is 2.59 bits per heavy atom. The monoisotopic (exact) mass is 559 g/mol. The molecule has 2 aromatic carbocycles. The topological polar surface area (TPSA) is 78.8 Å². The van der Waals surface area contributed by atoms with Crippen LogP contribution < -0.4 is 5.32 Å². The van der Waals surface area contributed by atoms with E-state index in [-0.39, 0.29) is 22.3 Å². The van der Waals surface area contributed by atoms with Gasteiger partial charge < -0.3 is 20.3 Å². The molecule has 5 nitrogen and oxygen atoms in total. The van der Waals surface area contributed by atoms with Crippen LogP contribution in [0.15, 0.2) is 28.7 Å². The van der Waals surface area contributed by atoms with Crippen LogP contribution in [0.2, 0.25) is 0 Å². The molecule has 0 heterocycles. The highest BCUT2D eigenvalue weighted by Gasteiger charge is 2.23. The molecule has 1 unspecified atom stereocenters. The average Bonchev–Trinajstić information content (AvgIpc) is 2.63. The summed E-state index contributed by atoms with van der Waals surface area (Å²) in [6.45, 7) is -1.43. The summed E-state index contributed by atoms with van der Waals surface area (Å²) in [5, 5.41) is 20.3. The van der Waals surface area contributed by atoms with Gasteiger partial charge in [-0.1, -0.05) is 0 Å². The summed E-state index contributed by atoms with van der Waals surface area (Å²) >= 11 is 4.72. The van der Waals surface area contributed by atoms with Crippen LogP contribution in [0.3, 0.4) is 0 Å². The van der Waals surface area contributed by atoms with Crippen molar-refractivity contribution in [2.24, 2.45) is 0 Å². The summed E-state index contributed by atoms with van der Waals surface area (Å²) in [7, 11) is 0. The van der Waals surface area contributed by atoms with Crippen LogP contribution in [0.25, 0.3) is 0 Å². The molecule has 0 bridgehead atoms. The molecule has 2 aromatic rings. The maximum Gasteiger partial charge on any atom is 0.190 e. The number of hydrogen-bond donors (Lipinski definition) is 3. The predicted octanol–water partition coefficient (Wildman–Crippen LogP) is 3.77. The Bertz CT molecular complexity index is 853. The van der Waals surface area contributed by atoms with Crippen LogP contribution in [0.4, 0.5) is 24.5 Å². The summed E-state index contributed by atoms with van der Waals surface area (Å²) < 4.78 is 47.7. The van der Waals surface area contributed by atoms with Crippen molar-refractivity contribution in [2.45, 2.75) is 6.10 Å². The zero-order valence-electron chi connectivity index (χ0n) is 13.6. The highest BCUT2D eigenvalue weighted by molar-refractivity contribution is 14.1. The van der Waals surface area contributed by atoms with Crippen molar-refractivity contribution >= 4 is 55.7 Å². The summed E-state index contributed by atoms with van der Waals surface area (Å²) in [5.74, 6) is -4.03. The normalized spacial score (nSPS) is 12.1. The fraction of sp³-hybridized carbons (Fsp3) is 0.235. The van der Waals surface area contributed by atoms with Crippen LogP contribution in [0.5, 0.6) is 0 Å². The number of aliphatic hydroxyl groups is 2. The fourth-order valence-corrected chi connectivity index (χ4v) is 2.94. The second kappa shape index (κ2) is 9.82. The number of halogens is 5. The number of ketones is 1. The summed E-state index contributed by atoms with van der Waals surface area (Å²) in [6.07, 6.45) is -1.17. The van der Waals surface area contributed by atoms with Gasteiger partial charge in [0.1, 0.15) is 18.5 Å². The van der Waals surface area contributed by atoms with Crippen molar-refractivity contribution in [1.82, 2.24) is 0 Å². The number of aliphatic hydroxyl groups excluding tert-OH is 2. The quantitative estimate of drug-likeness (QED) is 0.261. The van der Waals surface area contributed by atoms with Crippen LogP contribution in [0, 0.1) is 21.0 Å². The van der Waals surface area contributed by atoms with Gasteiger partial charge in [0.05, 0.1) is 29.1 Å². The van der Waals surface area contributed by atoms with Crippen molar-refractivity contribution in [3.8, 4) is 0 Å². The van der Waals surface area contributed by atoms with Crippen molar-refractivity contribution in [1.29, 1.82) is 0 Å². The summed E-state index contributed by atoms with van der Waals surface area (Å²) in [5.41, 5.74) is -0.939. The van der Waals surface area contributed by atoms with Gasteiger partial charge >= 0.3 is 0 Å². The maximum atomic E-state index is 14.4. The van der Waals surface area contributed by atoms with Gasteiger partial charge in [-0.15, -0.1) is 0 Å². The standard InChI is InChI=1S/C17H14BrF3INO4/c18-11-4-10(14(26)7-27-6-9(25)5-24)17(16(21)15(11)20)23-13-2-1-8(22)3-12(13)19/h1-4,9,23-25H,5-7H2. The lowest BCUT2D eigenvalue weighted by Crippen LogP contribution is -2.22. The largest absolute Gasteiger partial charge is 0.394 e. The first-order valence-corrected chi connectivity index (χ1v) is 9.41. The van der Waals surface area contributed by atoms with E-state index in [4.69, 9.17) is 9.84 Å². The second-order valence-corrected chi connectivity index (χ2v) is 7.53. The molecule has 146 valence electrons. The van der Waals surface area contributed by atoms with Crippen LogP contribution in [0.1, 0.15) is 10.4 Å². The zero-order chi connectivity index (χ0) is 20.1.